The number of benzene rings is 1. The van der Waals surface area contributed by atoms with Gasteiger partial charge in [0.25, 0.3) is 0 Å². The van der Waals surface area contributed by atoms with Crippen LogP contribution in [0.2, 0.25) is 0 Å². The van der Waals surface area contributed by atoms with Gasteiger partial charge in [-0.25, -0.2) is 0 Å². The van der Waals surface area contributed by atoms with Gasteiger partial charge in [-0.05, 0) is 17.7 Å². The van der Waals surface area contributed by atoms with E-state index in [9.17, 15) is 0 Å². The molecule has 0 aromatic heterocycles. The lowest BCUT2D eigenvalue weighted by atomic mass is 10.3. The van der Waals surface area contributed by atoms with E-state index >= 15 is 0 Å². The Labute approximate surface area is 84.5 Å². The SMILES string of the molecule is C=CC(=C)COc1cccc(OC)c1. The fraction of sp³-hybridized carbons (Fsp3) is 0.167. The van der Waals surface area contributed by atoms with Crippen LogP contribution in [0.1, 0.15) is 0 Å². The molecule has 0 saturated heterocycles. The van der Waals surface area contributed by atoms with E-state index in [1.54, 1.807) is 13.2 Å². The molecule has 0 N–H and O–H groups in total. The lowest BCUT2D eigenvalue weighted by Crippen LogP contribution is -1.98. The van der Waals surface area contributed by atoms with E-state index in [1.807, 2.05) is 24.3 Å². The molecule has 0 unspecified atom stereocenters. The van der Waals surface area contributed by atoms with Gasteiger partial charge >= 0.3 is 0 Å². The van der Waals surface area contributed by atoms with Crippen molar-refractivity contribution >= 4 is 0 Å². The van der Waals surface area contributed by atoms with E-state index in [0.717, 1.165) is 17.1 Å². The summed E-state index contributed by atoms with van der Waals surface area (Å²) in [6.07, 6.45) is 1.68. The summed E-state index contributed by atoms with van der Waals surface area (Å²) in [6, 6.07) is 7.45. The van der Waals surface area contributed by atoms with Gasteiger partial charge in [0.05, 0.1) is 7.11 Å². The van der Waals surface area contributed by atoms with Crippen LogP contribution in [0, 0.1) is 0 Å². The van der Waals surface area contributed by atoms with Crippen LogP contribution < -0.4 is 9.47 Å². The van der Waals surface area contributed by atoms with Crippen LogP contribution in [0.3, 0.4) is 0 Å². The van der Waals surface area contributed by atoms with Crippen molar-refractivity contribution in [3.05, 3.63) is 49.1 Å². The van der Waals surface area contributed by atoms with Crippen molar-refractivity contribution in [2.45, 2.75) is 0 Å². The number of rotatable bonds is 5. The van der Waals surface area contributed by atoms with Gasteiger partial charge in [-0.15, -0.1) is 0 Å². The predicted molar refractivity (Wildman–Crippen MR) is 57.8 cm³/mol. The maximum Gasteiger partial charge on any atom is 0.123 e. The summed E-state index contributed by atoms with van der Waals surface area (Å²) < 4.78 is 10.5. The monoisotopic (exact) mass is 190 g/mol. The molecule has 74 valence electrons. The van der Waals surface area contributed by atoms with Crippen LogP contribution in [0.5, 0.6) is 11.5 Å². The summed E-state index contributed by atoms with van der Waals surface area (Å²) in [5, 5.41) is 0. The van der Waals surface area contributed by atoms with Crippen molar-refractivity contribution < 1.29 is 9.47 Å². The maximum atomic E-state index is 5.45. The van der Waals surface area contributed by atoms with E-state index in [4.69, 9.17) is 9.47 Å². The topological polar surface area (TPSA) is 18.5 Å². The summed E-state index contributed by atoms with van der Waals surface area (Å²) in [7, 11) is 1.63. The molecular formula is C12H14O2. The zero-order valence-corrected chi connectivity index (χ0v) is 8.32. The quantitative estimate of drug-likeness (QED) is 0.665. The minimum Gasteiger partial charge on any atom is -0.497 e. The van der Waals surface area contributed by atoms with E-state index in [-0.39, 0.29) is 0 Å². The summed E-state index contributed by atoms with van der Waals surface area (Å²) in [4.78, 5) is 0. The van der Waals surface area contributed by atoms with Crippen LogP contribution in [-0.4, -0.2) is 13.7 Å². The predicted octanol–water partition coefficient (Wildman–Crippen LogP) is 2.82. The molecule has 0 aliphatic carbocycles. The number of hydrogen-bond acceptors (Lipinski definition) is 2. The van der Waals surface area contributed by atoms with Crippen molar-refractivity contribution in [3.63, 3.8) is 0 Å². The smallest absolute Gasteiger partial charge is 0.123 e. The first-order valence-corrected chi connectivity index (χ1v) is 4.33. The van der Waals surface area contributed by atoms with Crippen molar-refractivity contribution in [2.24, 2.45) is 0 Å². The molecule has 0 spiro atoms. The van der Waals surface area contributed by atoms with Gasteiger partial charge in [0, 0.05) is 6.07 Å². The Morgan fingerprint density at radius 3 is 2.79 bits per heavy atom. The minimum absolute atomic E-state index is 0.455. The maximum absolute atomic E-state index is 5.45. The first-order valence-electron chi connectivity index (χ1n) is 4.33. The molecule has 0 saturated carbocycles. The second-order valence-electron chi connectivity index (χ2n) is 2.83. The molecule has 0 aliphatic rings. The second kappa shape index (κ2) is 5.12. The lowest BCUT2D eigenvalue weighted by Gasteiger charge is -2.07. The molecule has 0 bridgehead atoms. The Bertz CT molecular complexity index is 329. The Kier molecular flexibility index (Phi) is 3.80. The summed E-state index contributed by atoms with van der Waals surface area (Å²) in [6.45, 7) is 7.81. The Morgan fingerprint density at radius 2 is 2.14 bits per heavy atom. The molecule has 0 atom stereocenters. The fourth-order valence-corrected chi connectivity index (χ4v) is 0.926. The molecule has 0 heterocycles. The molecule has 1 aromatic rings. The van der Waals surface area contributed by atoms with Gasteiger partial charge in [-0.3, -0.25) is 0 Å². The molecule has 1 rings (SSSR count). The fourth-order valence-electron chi connectivity index (χ4n) is 0.926. The van der Waals surface area contributed by atoms with E-state index in [1.165, 1.54) is 0 Å². The molecule has 0 fully saturated rings. The average molecular weight is 190 g/mol. The average Bonchev–Trinajstić information content (AvgIpc) is 2.26. The zero-order valence-electron chi connectivity index (χ0n) is 8.32. The molecule has 2 heteroatoms. The van der Waals surface area contributed by atoms with Gasteiger partial charge in [-0.1, -0.05) is 25.3 Å². The van der Waals surface area contributed by atoms with Crippen molar-refractivity contribution in [2.75, 3.05) is 13.7 Å². The minimum atomic E-state index is 0.455. The van der Waals surface area contributed by atoms with Crippen molar-refractivity contribution in [1.29, 1.82) is 0 Å². The molecule has 0 aliphatic heterocycles. The largest absolute Gasteiger partial charge is 0.497 e. The Morgan fingerprint density at radius 1 is 1.43 bits per heavy atom. The third kappa shape index (κ3) is 2.98. The van der Waals surface area contributed by atoms with Gasteiger partial charge < -0.3 is 9.47 Å². The van der Waals surface area contributed by atoms with Crippen molar-refractivity contribution in [1.82, 2.24) is 0 Å². The summed E-state index contributed by atoms with van der Waals surface area (Å²) >= 11 is 0. The third-order valence-electron chi connectivity index (χ3n) is 1.75. The van der Waals surface area contributed by atoms with E-state index in [2.05, 4.69) is 13.2 Å². The summed E-state index contributed by atoms with van der Waals surface area (Å²) in [5.41, 5.74) is 0.854. The molecule has 14 heavy (non-hydrogen) atoms. The molecule has 0 radical (unpaired) electrons. The number of ether oxygens (including phenoxy) is 2. The van der Waals surface area contributed by atoms with Gasteiger partial charge in [-0.2, -0.15) is 0 Å². The second-order valence-corrected chi connectivity index (χ2v) is 2.83. The Balaban J connectivity index is 2.58. The molecular weight excluding hydrogens is 176 g/mol. The first-order chi connectivity index (χ1) is 6.76. The van der Waals surface area contributed by atoms with Crippen LogP contribution in [0.15, 0.2) is 49.1 Å². The lowest BCUT2D eigenvalue weighted by molar-refractivity contribution is 0.351. The normalized spacial score (nSPS) is 9.21. The van der Waals surface area contributed by atoms with Crippen LogP contribution in [-0.2, 0) is 0 Å². The highest BCUT2D eigenvalue weighted by atomic mass is 16.5. The Hall–Kier alpha value is -1.70. The van der Waals surface area contributed by atoms with Crippen molar-refractivity contribution in [3.8, 4) is 11.5 Å². The van der Waals surface area contributed by atoms with Gasteiger partial charge in [0.1, 0.15) is 18.1 Å². The number of hydrogen-bond donors (Lipinski definition) is 0. The van der Waals surface area contributed by atoms with Crippen LogP contribution >= 0.6 is 0 Å². The number of methoxy groups -OCH3 is 1. The van der Waals surface area contributed by atoms with Gasteiger partial charge in [0.15, 0.2) is 0 Å². The highest BCUT2D eigenvalue weighted by molar-refractivity contribution is 5.33. The first kappa shape index (κ1) is 10.4. The molecule has 1 aromatic carbocycles. The molecule has 0 amide bonds. The van der Waals surface area contributed by atoms with Crippen LogP contribution in [0.25, 0.3) is 0 Å². The summed E-state index contributed by atoms with van der Waals surface area (Å²) in [5.74, 6) is 1.55. The highest BCUT2D eigenvalue weighted by Gasteiger charge is 1.96. The van der Waals surface area contributed by atoms with E-state index in [0.29, 0.717) is 6.61 Å². The van der Waals surface area contributed by atoms with Crippen LogP contribution in [0.4, 0.5) is 0 Å². The van der Waals surface area contributed by atoms with E-state index < -0.39 is 0 Å². The van der Waals surface area contributed by atoms with Gasteiger partial charge in [0.2, 0.25) is 0 Å². The standard InChI is InChI=1S/C12H14O2/c1-4-10(2)9-14-12-7-5-6-11(8-12)13-3/h4-8H,1-2,9H2,3H3. The molecule has 2 nitrogen and oxygen atoms in total. The zero-order chi connectivity index (χ0) is 10.4. The third-order valence-corrected chi connectivity index (χ3v) is 1.75. The highest BCUT2D eigenvalue weighted by Crippen LogP contribution is 2.19.